The fourth-order valence-electron chi connectivity index (χ4n) is 3.30. The largest absolute Gasteiger partial charge is 0.489 e. The van der Waals surface area contributed by atoms with Crippen LogP contribution < -0.4 is 5.46 Å². The Balaban J connectivity index is 1.90. The molecule has 0 saturated carbocycles. The van der Waals surface area contributed by atoms with Crippen molar-refractivity contribution in [1.82, 2.24) is 0 Å². The summed E-state index contributed by atoms with van der Waals surface area (Å²) in [5.74, 6) is 0. The zero-order chi connectivity index (χ0) is 17.2. The van der Waals surface area contributed by atoms with E-state index in [1.165, 1.54) is 5.56 Å². The number of rotatable bonds is 3. The van der Waals surface area contributed by atoms with E-state index >= 15 is 0 Å². The summed E-state index contributed by atoms with van der Waals surface area (Å²) in [5, 5.41) is 21.1. The fraction of sp³-hybridized carbons (Fsp3) is 0. The van der Waals surface area contributed by atoms with Gasteiger partial charge in [0, 0.05) is 0 Å². The van der Waals surface area contributed by atoms with Gasteiger partial charge in [0.25, 0.3) is 0 Å². The molecular weight excluding hydrogens is 307 g/mol. The first-order valence-electron chi connectivity index (χ1n) is 8.28. The molecule has 0 atom stereocenters. The molecule has 2 nitrogen and oxygen atoms in total. The molecule has 0 amide bonds. The molecular formula is C22H17BO2. The predicted molar refractivity (Wildman–Crippen MR) is 105 cm³/mol. The highest BCUT2D eigenvalue weighted by molar-refractivity contribution is 6.62. The molecule has 0 aliphatic heterocycles. The van der Waals surface area contributed by atoms with Crippen LogP contribution >= 0.6 is 0 Å². The quantitative estimate of drug-likeness (QED) is 0.562. The van der Waals surface area contributed by atoms with E-state index < -0.39 is 7.12 Å². The van der Waals surface area contributed by atoms with Crippen molar-refractivity contribution in [3.05, 3.63) is 91.0 Å². The van der Waals surface area contributed by atoms with Gasteiger partial charge in [-0.2, -0.15) is 0 Å². The summed E-state index contributed by atoms with van der Waals surface area (Å²) in [6, 6.07) is 30.3. The molecule has 120 valence electrons. The third-order valence-corrected chi connectivity index (χ3v) is 4.52. The molecule has 0 heterocycles. The van der Waals surface area contributed by atoms with Crippen molar-refractivity contribution in [3.63, 3.8) is 0 Å². The summed E-state index contributed by atoms with van der Waals surface area (Å²) >= 11 is 0. The summed E-state index contributed by atoms with van der Waals surface area (Å²) in [6.07, 6.45) is 0. The summed E-state index contributed by atoms with van der Waals surface area (Å²) in [6.45, 7) is 0. The lowest BCUT2D eigenvalue weighted by atomic mass is 9.76. The number of benzene rings is 4. The zero-order valence-corrected chi connectivity index (χ0v) is 13.6. The van der Waals surface area contributed by atoms with E-state index in [2.05, 4.69) is 36.4 Å². The van der Waals surface area contributed by atoms with Crippen LogP contribution in [0.3, 0.4) is 0 Å². The topological polar surface area (TPSA) is 40.5 Å². The van der Waals surface area contributed by atoms with Crippen molar-refractivity contribution < 1.29 is 10.0 Å². The van der Waals surface area contributed by atoms with Crippen molar-refractivity contribution in [2.45, 2.75) is 0 Å². The van der Waals surface area contributed by atoms with Gasteiger partial charge in [0.05, 0.1) is 0 Å². The van der Waals surface area contributed by atoms with E-state index in [-0.39, 0.29) is 0 Å². The predicted octanol–water partition coefficient (Wildman–Crippen LogP) is 3.85. The van der Waals surface area contributed by atoms with E-state index in [0.717, 1.165) is 27.5 Å². The van der Waals surface area contributed by atoms with Crippen molar-refractivity contribution >= 4 is 23.4 Å². The maximum absolute atomic E-state index is 9.63. The Hall–Kier alpha value is -2.88. The second-order valence-corrected chi connectivity index (χ2v) is 6.07. The van der Waals surface area contributed by atoms with Gasteiger partial charge in [0.15, 0.2) is 0 Å². The van der Waals surface area contributed by atoms with Gasteiger partial charge in [-0.1, -0.05) is 84.9 Å². The lowest BCUT2D eigenvalue weighted by molar-refractivity contribution is 0.426. The van der Waals surface area contributed by atoms with Gasteiger partial charge in [0.2, 0.25) is 0 Å². The number of hydrogen-bond acceptors (Lipinski definition) is 2. The third-order valence-electron chi connectivity index (χ3n) is 4.52. The molecule has 3 heteroatoms. The SMILES string of the molecule is OB(O)c1ccc(-c2cccc(-c3ccccc3)c2)c2ccccc12. The molecule has 0 bridgehead atoms. The Bertz CT molecular complexity index is 1030. The maximum atomic E-state index is 9.63. The minimum absolute atomic E-state index is 0.526. The van der Waals surface area contributed by atoms with Gasteiger partial charge < -0.3 is 10.0 Å². The van der Waals surface area contributed by atoms with Gasteiger partial charge in [-0.15, -0.1) is 0 Å². The highest BCUT2D eigenvalue weighted by Gasteiger charge is 2.16. The molecule has 0 saturated heterocycles. The number of hydrogen-bond donors (Lipinski definition) is 2. The highest BCUT2D eigenvalue weighted by atomic mass is 16.4. The monoisotopic (exact) mass is 324 g/mol. The van der Waals surface area contributed by atoms with E-state index in [0.29, 0.717) is 5.46 Å². The molecule has 0 aliphatic carbocycles. The average molecular weight is 324 g/mol. The Morgan fingerprint density at radius 1 is 0.520 bits per heavy atom. The lowest BCUT2D eigenvalue weighted by Crippen LogP contribution is -2.30. The highest BCUT2D eigenvalue weighted by Crippen LogP contribution is 2.31. The Kier molecular flexibility index (Phi) is 4.10. The Morgan fingerprint density at radius 2 is 1.16 bits per heavy atom. The van der Waals surface area contributed by atoms with Crippen LogP contribution in [0, 0.1) is 0 Å². The first-order chi connectivity index (χ1) is 12.2. The van der Waals surface area contributed by atoms with Gasteiger partial charge in [-0.3, -0.25) is 0 Å². The third kappa shape index (κ3) is 2.96. The van der Waals surface area contributed by atoms with Crippen LogP contribution in [0.15, 0.2) is 91.0 Å². The van der Waals surface area contributed by atoms with Crippen LogP contribution in [-0.2, 0) is 0 Å². The molecule has 4 aromatic rings. The minimum atomic E-state index is -1.48. The van der Waals surface area contributed by atoms with Gasteiger partial charge in [0.1, 0.15) is 0 Å². The standard InChI is InChI=1S/C22H17BO2/c24-23(25)22-14-13-19(20-11-4-5-12-21(20)22)18-10-6-9-17(15-18)16-7-2-1-3-8-16/h1-15,24-25H. The van der Waals surface area contributed by atoms with Crippen LogP contribution in [0.5, 0.6) is 0 Å². The van der Waals surface area contributed by atoms with Crippen molar-refractivity contribution in [2.75, 3.05) is 0 Å². The molecule has 0 fully saturated rings. The summed E-state index contributed by atoms with van der Waals surface area (Å²) in [5.41, 5.74) is 5.05. The van der Waals surface area contributed by atoms with E-state index in [4.69, 9.17) is 0 Å². The van der Waals surface area contributed by atoms with Crippen LogP contribution in [0.2, 0.25) is 0 Å². The summed E-state index contributed by atoms with van der Waals surface area (Å²) < 4.78 is 0. The van der Waals surface area contributed by atoms with Gasteiger partial charge >= 0.3 is 7.12 Å². The van der Waals surface area contributed by atoms with E-state index in [1.807, 2.05) is 48.5 Å². The van der Waals surface area contributed by atoms with Crippen molar-refractivity contribution in [2.24, 2.45) is 0 Å². The maximum Gasteiger partial charge on any atom is 0.489 e. The molecule has 4 rings (SSSR count). The van der Waals surface area contributed by atoms with Crippen LogP contribution in [0.4, 0.5) is 0 Å². The first-order valence-corrected chi connectivity index (χ1v) is 8.28. The molecule has 25 heavy (non-hydrogen) atoms. The van der Waals surface area contributed by atoms with Crippen LogP contribution in [-0.4, -0.2) is 17.2 Å². The first kappa shape index (κ1) is 15.6. The second-order valence-electron chi connectivity index (χ2n) is 6.07. The lowest BCUT2D eigenvalue weighted by Gasteiger charge is -2.12. The molecule has 4 aromatic carbocycles. The minimum Gasteiger partial charge on any atom is -0.423 e. The van der Waals surface area contributed by atoms with Crippen LogP contribution in [0.25, 0.3) is 33.0 Å². The van der Waals surface area contributed by atoms with Crippen molar-refractivity contribution in [3.8, 4) is 22.3 Å². The van der Waals surface area contributed by atoms with E-state index in [9.17, 15) is 10.0 Å². The number of fused-ring (bicyclic) bond motifs is 1. The van der Waals surface area contributed by atoms with E-state index in [1.54, 1.807) is 6.07 Å². The summed E-state index contributed by atoms with van der Waals surface area (Å²) in [7, 11) is -1.48. The molecule has 0 aromatic heterocycles. The zero-order valence-electron chi connectivity index (χ0n) is 13.6. The van der Waals surface area contributed by atoms with Gasteiger partial charge in [-0.25, -0.2) is 0 Å². The fourth-order valence-corrected chi connectivity index (χ4v) is 3.30. The Morgan fingerprint density at radius 3 is 1.92 bits per heavy atom. The molecule has 0 radical (unpaired) electrons. The second kappa shape index (κ2) is 6.56. The van der Waals surface area contributed by atoms with Gasteiger partial charge in [-0.05, 0) is 44.6 Å². The molecule has 0 spiro atoms. The summed E-state index contributed by atoms with van der Waals surface area (Å²) in [4.78, 5) is 0. The van der Waals surface area contributed by atoms with Crippen molar-refractivity contribution in [1.29, 1.82) is 0 Å². The van der Waals surface area contributed by atoms with Crippen LogP contribution in [0.1, 0.15) is 0 Å². The normalized spacial score (nSPS) is 10.8. The average Bonchev–Trinajstić information content (AvgIpc) is 2.68. The molecule has 0 aliphatic rings. The molecule has 0 unspecified atom stereocenters. The smallest absolute Gasteiger partial charge is 0.423 e. The Labute approximate surface area is 147 Å². The molecule has 2 N–H and O–H groups in total.